The predicted octanol–water partition coefficient (Wildman–Crippen LogP) is 1.76. The van der Waals surface area contributed by atoms with Crippen molar-refractivity contribution >= 4 is 5.91 Å². The molecule has 2 aromatic rings. The van der Waals surface area contributed by atoms with E-state index in [0.29, 0.717) is 0 Å². The highest BCUT2D eigenvalue weighted by atomic mass is 16.2. The van der Waals surface area contributed by atoms with E-state index in [1.807, 2.05) is 41.4 Å². The molecule has 0 radical (unpaired) electrons. The molecule has 0 aliphatic carbocycles. The number of hydrogen-bond donors (Lipinski definition) is 1. The van der Waals surface area contributed by atoms with E-state index in [2.05, 4.69) is 14.9 Å². The van der Waals surface area contributed by atoms with Crippen LogP contribution in [0.15, 0.2) is 42.7 Å². The van der Waals surface area contributed by atoms with E-state index in [1.54, 1.807) is 6.20 Å². The van der Waals surface area contributed by atoms with Gasteiger partial charge in [0, 0.05) is 44.1 Å². The molecule has 3 rings (SSSR count). The van der Waals surface area contributed by atoms with Crippen LogP contribution in [0.5, 0.6) is 0 Å². The van der Waals surface area contributed by atoms with Gasteiger partial charge in [0.25, 0.3) is 5.91 Å². The van der Waals surface area contributed by atoms with Crippen molar-refractivity contribution in [1.82, 2.24) is 19.8 Å². The lowest BCUT2D eigenvalue weighted by molar-refractivity contribution is 0.0761. The van der Waals surface area contributed by atoms with E-state index in [-0.39, 0.29) is 5.91 Å². The molecular formula is C16H20N4O. The van der Waals surface area contributed by atoms with Crippen LogP contribution >= 0.6 is 0 Å². The van der Waals surface area contributed by atoms with Crippen LogP contribution in [-0.2, 0) is 6.54 Å². The van der Waals surface area contributed by atoms with Gasteiger partial charge >= 0.3 is 0 Å². The van der Waals surface area contributed by atoms with Crippen molar-refractivity contribution in [2.24, 2.45) is 0 Å². The van der Waals surface area contributed by atoms with Crippen molar-refractivity contribution in [2.45, 2.75) is 13.0 Å². The highest BCUT2D eigenvalue weighted by molar-refractivity contribution is 5.94. The highest BCUT2D eigenvalue weighted by Gasteiger charge is 2.20. The average molecular weight is 284 g/mol. The molecule has 1 aromatic heterocycles. The van der Waals surface area contributed by atoms with Gasteiger partial charge in [-0.15, -0.1) is 0 Å². The van der Waals surface area contributed by atoms with E-state index in [1.165, 1.54) is 0 Å². The van der Waals surface area contributed by atoms with Crippen LogP contribution < -0.4 is 0 Å². The Kier molecular flexibility index (Phi) is 4.31. The Labute approximate surface area is 124 Å². The summed E-state index contributed by atoms with van der Waals surface area (Å²) in [6.45, 7) is 4.30. The number of carbonyl (C=O) groups is 1. The third-order valence-corrected chi connectivity index (χ3v) is 3.82. The fourth-order valence-corrected chi connectivity index (χ4v) is 2.69. The SMILES string of the molecule is O=C(c1ccccc1)N1CCCN(Cc2ncc[nH]2)CC1. The Bertz CT molecular complexity index is 567. The first-order chi connectivity index (χ1) is 10.3. The molecule has 1 aliphatic rings. The van der Waals surface area contributed by atoms with E-state index in [4.69, 9.17) is 0 Å². The summed E-state index contributed by atoms with van der Waals surface area (Å²) in [6, 6.07) is 9.52. The summed E-state index contributed by atoms with van der Waals surface area (Å²) in [5, 5.41) is 0. The Morgan fingerprint density at radius 2 is 2.00 bits per heavy atom. The van der Waals surface area contributed by atoms with E-state index >= 15 is 0 Å². The van der Waals surface area contributed by atoms with E-state index < -0.39 is 0 Å². The van der Waals surface area contributed by atoms with Crippen LogP contribution in [0.25, 0.3) is 0 Å². The third-order valence-electron chi connectivity index (χ3n) is 3.82. The molecule has 5 heteroatoms. The molecule has 0 bridgehead atoms. The molecule has 1 fully saturated rings. The number of carbonyl (C=O) groups excluding carboxylic acids is 1. The zero-order chi connectivity index (χ0) is 14.5. The summed E-state index contributed by atoms with van der Waals surface area (Å²) < 4.78 is 0. The summed E-state index contributed by atoms with van der Waals surface area (Å²) in [4.78, 5) is 24.2. The summed E-state index contributed by atoms with van der Waals surface area (Å²) >= 11 is 0. The standard InChI is InChI=1S/C16H20N4O/c21-16(14-5-2-1-3-6-14)20-10-4-9-19(11-12-20)13-15-17-7-8-18-15/h1-3,5-8H,4,9-13H2,(H,17,18). The van der Waals surface area contributed by atoms with Crippen molar-refractivity contribution in [2.75, 3.05) is 26.2 Å². The second-order valence-corrected chi connectivity index (χ2v) is 5.32. The number of imidazole rings is 1. The van der Waals surface area contributed by atoms with Gasteiger partial charge in [0.2, 0.25) is 0 Å². The topological polar surface area (TPSA) is 52.2 Å². The Morgan fingerprint density at radius 3 is 2.76 bits per heavy atom. The van der Waals surface area contributed by atoms with Crippen LogP contribution in [0.3, 0.4) is 0 Å². The third kappa shape index (κ3) is 3.49. The maximum atomic E-state index is 12.5. The molecule has 1 saturated heterocycles. The summed E-state index contributed by atoms with van der Waals surface area (Å²) in [7, 11) is 0. The van der Waals surface area contributed by atoms with Crippen molar-refractivity contribution in [1.29, 1.82) is 0 Å². The molecule has 0 atom stereocenters. The minimum Gasteiger partial charge on any atom is -0.348 e. The van der Waals surface area contributed by atoms with Crippen LogP contribution in [0.4, 0.5) is 0 Å². The predicted molar refractivity (Wildman–Crippen MR) is 80.8 cm³/mol. The molecule has 21 heavy (non-hydrogen) atoms. The summed E-state index contributed by atoms with van der Waals surface area (Å²) in [5.74, 6) is 1.12. The maximum Gasteiger partial charge on any atom is 0.253 e. The summed E-state index contributed by atoms with van der Waals surface area (Å²) in [5.41, 5.74) is 0.775. The first-order valence-corrected chi connectivity index (χ1v) is 7.38. The van der Waals surface area contributed by atoms with Crippen LogP contribution in [0.1, 0.15) is 22.6 Å². The molecule has 1 aromatic carbocycles. The lowest BCUT2D eigenvalue weighted by Crippen LogP contribution is -2.35. The number of H-pyrrole nitrogens is 1. The zero-order valence-corrected chi connectivity index (χ0v) is 12.0. The smallest absolute Gasteiger partial charge is 0.253 e. The first kappa shape index (κ1) is 13.8. The number of nitrogens with zero attached hydrogens (tertiary/aromatic N) is 3. The Hall–Kier alpha value is -2.14. The van der Waals surface area contributed by atoms with Gasteiger partial charge in [-0.05, 0) is 18.6 Å². The molecule has 5 nitrogen and oxygen atoms in total. The normalized spacial score (nSPS) is 16.7. The molecule has 0 unspecified atom stereocenters. The fraction of sp³-hybridized carbons (Fsp3) is 0.375. The van der Waals surface area contributed by atoms with Crippen LogP contribution in [-0.4, -0.2) is 51.9 Å². The molecule has 110 valence electrons. The molecule has 1 amide bonds. The minimum atomic E-state index is 0.135. The van der Waals surface area contributed by atoms with E-state index in [9.17, 15) is 4.79 Å². The highest BCUT2D eigenvalue weighted by Crippen LogP contribution is 2.10. The maximum absolute atomic E-state index is 12.5. The average Bonchev–Trinajstić information content (AvgIpc) is 2.92. The fourth-order valence-electron chi connectivity index (χ4n) is 2.69. The van der Waals surface area contributed by atoms with Crippen LogP contribution in [0.2, 0.25) is 0 Å². The zero-order valence-electron chi connectivity index (χ0n) is 12.0. The van der Waals surface area contributed by atoms with Gasteiger partial charge in [0.15, 0.2) is 0 Å². The van der Waals surface area contributed by atoms with Gasteiger partial charge in [0.05, 0.1) is 6.54 Å². The van der Waals surface area contributed by atoms with Gasteiger partial charge in [-0.25, -0.2) is 4.98 Å². The molecule has 0 saturated carbocycles. The Balaban J connectivity index is 1.59. The molecular weight excluding hydrogens is 264 g/mol. The number of amides is 1. The number of nitrogens with one attached hydrogen (secondary N) is 1. The number of hydrogen-bond acceptors (Lipinski definition) is 3. The number of aromatic nitrogens is 2. The van der Waals surface area contributed by atoms with Crippen molar-refractivity contribution in [3.05, 3.63) is 54.1 Å². The lowest BCUT2D eigenvalue weighted by atomic mass is 10.2. The Morgan fingerprint density at radius 1 is 1.14 bits per heavy atom. The largest absolute Gasteiger partial charge is 0.348 e. The second kappa shape index (κ2) is 6.54. The number of benzene rings is 1. The van der Waals surface area contributed by atoms with Gasteiger partial charge < -0.3 is 9.88 Å². The molecule has 0 spiro atoms. The number of aromatic amines is 1. The van der Waals surface area contributed by atoms with Crippen LogP contribution in [0, 0.1) is 0 Å². The minimum absolute atomic E-state index is 0.135. The quantitative estimate of drug-likeness (QED) is 0.934. The number of rotatable bonds is 3. The first-order valence-electron chi connectivity index (χ1n) is 7.38. The van der Waals surface area contributed by atoms with Gasteiger partial charge in [-0.1, -0.05) is 18.2 Å². The second-order valence-electron chi connectivity index (χ2n) is 5.32. The monoisotopic (exact) mass is 284 g/mol. The lowest BCUT2D eigenvalue weighted by Gasteiger charge is -2.21. The van der Waals surface area contributed by atoms with Crippen molar-refractivity contribution in [3.8, 4) is 0 Å². The van der Waals surface area contributed by atoms with E-state index in [0.717, 1.165) is 50.5 Å². The van der Waals surface area contributed by atoms with Gasteiger partial charge in [-0.2, -0.15) is 0 Å². The van der Waals surface area contributed by atoms with Gasteiger partial charge in [0.1, 0.15) is 5.82 Å². The molecule has 2 heterocycles. The summed E-state index contributed by atoms with van der Waals surface area (Å²) in [6.07, 6.45) is 4.62. The van der Waals surface area contributed by atoms with Crippen molar-refractivity contribution in [3.63, 3.8) is 0 Å². The van der Waals surface area contributed by atoms with Gasteiger partial charge in [-0.3, -0.25) is 9.69 Å². The molecule has 1 aliphatic heterocycles. The van der Waals surface area contributed by atoms with Crippen molar-refractivity contribution < 1.29 is 4.79 Å². The molecule has 1 N–H and O–H groups in total.